The normalized spacial score (nSPS) is 54.0. The zero-order chi connectivity index (χ0) is 24.9. The number of carbonyl (C=O) groups excluding carboxylic acids is 1. The molecule has 5 aliphatic rings. The summed E-state index contributed by atoms with van der Waals surface area (Å²) in [5, 5.41) is 10.9. The number of rotatable bonds is 1. The van der Waals surface area contributed by atoms with Crippen molar-refractivity contribution in [1.82, 2.24) is 0 Å². The smallest absolute Gasteiger partial charge is 0.312 e. The molecule has 0 bridgehead atoms. The summed E-state index contributed by atoms with van der Waals surface area (Å²) in [5.74, 6) is 2.78. The fourth-order valence-corrected chi connectivity index (χ4v) is 11.1. The highest BCUT2D eigenvalue weighted by Gasteiger charge is 2.70. The molecule has 3 nitrogen and oxygen atoms in total. The maximum Gasteiger partial charge on any atom is 0.312 e. The predicted molar refractivity (Wildman–Crippen MR) is 137 cm³/mol. The van der Waals surface area contributed by atoms with Crippen molar-refractivity contribution in [2.75, 3.05) is 7.11 Å². The van der Waals surface area contributed by atoms with Gasteiger partial charge in [0.1, 0.15) is 0 Å². The molecule has 0 aromatic carbocycles. The van der Waals surface area contributed by atoms with Gasteiger partial charge in [0.05, 0.1) is 18.6 Å². The van der Waals surface area contributed by atoms with Crippen LogP contribution < -0.4 is 0 Å². The largest absolute Gasteiger partial charge is 0.469 e. The molecule has 4 saturated carbocycles. The lowest BCUT2D eigenvalue weighted by Gasteiger charge is -2.71. The average Bonchev–Trinajstić information content (AvgIpc) is 2.79. The fraction of sp³-hybridized carbons (Fsp3) is 0.903. The van der Waals surface area contributed by atoms with Crippen LogP contribution in [0.25, 0.3) is 0 Å². The van der Waals surface area contributed by atoms with Crippen molar-refractivity contribution in [3.63, 3.8) is 0 Å². The second-order valence-corrected chi connectivity index (χ2v) is 14.7. The van der Waals surface area contributed by atoms with Crippen molar-refractivity contribution < 1.29 is 14.6 Å². The maximum absolute atomic E-state index is 13.5. The first kappa shape index (κ1) is 24.8. The lowest BCUT2D eigenvalue weighted by atomic mass is 9.33. The second kappa shape index (κ2) is 7.59. The Morgan fingerprint density at radius 3 is 2.35 bits per heavy atom. The summed E-state index contributed by atoms with van der Waals surface area (Å²) >= 11 is 0. The maximum atomic E-state index is 13.5. The molecule has 34 heavy (non-hydrogen) atoms. The number of aliphatic hydroxyl groups is 1. The molecule has 3 heteroatoms. The first-order chi connectivity index (χ1) is 15.8. The molecule has 0 spiro atoms. The van der Waals surface area contributed by atoms with E-state index in [2.05, 4.69) is 54.5 Å². The van der Waals surface area contributed by atoms with Gasteiger partial charge in [0.15, 0.2) is 0 Å². The van der Waals surface area contributed by atoms with E-state index < -0.39 is 0 Å². The number of esters is 1. The Balaban J connectivity index is 1.60. The number of allylic oxidation sites excluding steroid dienone is 2. The minimum absolute atomic E-state index is 0.0311. The number of ether oxygens (including phenoxy) is 1. The van der Waals surface area contributed by atoms with E-state index in [4.69, 9.17) is 4.74 Å². The van der Waals surface area contributed by atoms with E-state index in [9.17, 15) is 9.90 Å². The zero-order valence-electron chi connectivity index (χ0n) is 23.2. The lowest BCUT2D eigenvalue weighted by Crippen LogP contribution is -2.66. The monoisotopic (exact) mass is 470 g/mol. The molecule has 0 amide bonds. The van der Waals surface area contributed by atoms with Crippen LogP contribution in [0.2, 0.25) is 0 Å². The number of methoxy groups -OCH3 is 1. The molecule has 0 aromatic heterocycles. The van der Waals surface area contributed by atoms with Crippen molar-refractivity contribution in [1.29, 1.82) is 0 Å². The van der Waals surface area contributed by atoms with E-state index in [-0.39, 0.29) is 39.1 Å². The summed E-state index contributed by atoms with van der Waals surface area (Å²) in [6.07, 6.45) is 12.3. The highest BCUT2D eigenvalue weighted by atomic mass is 16.5. The Morgan fingerprint density at radius 2 is 1.68 bits per heavy atom. The van der Waals surface area contributed by atoms with E-state index >= 15 is 0 Å². The standard InChI is InChI=1S/C31H50O3/c1-19-11-16-31(26(33)34-8)18-17-29(6)22-9-10-23-27(3,4)24(32)13-14-28(23,5)21(22)12-15-30(29,7)25(31)20(19)2/h9,19-21,23-25,32H,10-18H2,1-8H3/t19-,20+,21+,23+,24-,25+,28-,29-,30+,31+/m1/s1. The van der Waals surface area contributed by atoms with Crippen molar-refractivity contribution >= 4 is 5.97 Å². The molecular formula is C31H50O3. The third kappa shape index (κ3) is 2.83. The van der Waals surface area contributed by atoms with Crippen LogP contribution in [-0.2, 0) is 9.53 Å². The Hall–Kier alpha value is -0.830. The van der Waals surface area contributed by atoms with Crippen molar-refractivity contribution in [3.05, 3.63) is 11.6 Å². The van der Waals surface area contributed by atoms with E-state index in [0.717, 1.165) is 44.9 Å². The first-order valence-corrected chi connectivity index (χ1v) is 14.3. The third-order valence-corrected chi connectivity index (χ3v) is 13.5. The topological polar surface area (TPSA) is 46.5 Å². The van der Waals surface area contributed by atoms with Crippen LogP contribution >= 0.6 is 0 Å². The van der Waals surface area contributed by atoms with Crippen LogP contribution in [0.3, 0.4) is 0 Å². The van der Waals surface area contributed by atoms with Gasteiger partial charge in [-0.2, -0.15) is 0 Å². The average molecular weight is 471 g/mol. The van der Waals surface area contributed by atoms with Gasteiger partial charge in [-0.15, -0.1) is 0 Å². The zero-order valence-corrected chi connectivity index (χ0v) is 23.2. The van der Waals surface area contributed by atoms with Gasteiger partial charge in [0.2, 0.25) is 0 Å². The SMILES string of the molecule is COC(=O)[C@]12CC[C@@H](C)[C@H](C)[C@H]1[C@]1(C)CC[C@H]3C(=CC[C@H]4C(C)(C)[C@H](O)CC[C@]34C)[C@@]1(C)CC2. The summed E-state index contributed by atoms with van der Waals surface area (Å²) < 4.78 is 5.54. The van der Waals surface area contributed by atoms with E-state index in [0.29, 0.717) is 29.6 Å². The molecule has 1 N–H and O–H groups in total. The molecule has 5 aliphatic carbocycles. The van der Waals surface area contributed by atoms with E-state index in [1.54, 1.807) is 12.7 Å². The van der Waals surface area contributed by atoms with Crippen LogP contribution in [0.4, 0.5) is 0 Å². The molecule has 0 aliphatic heterocycles. The number of carbonyl (C=O) groups is 1. The molecular weight excluding hydrogens is 420 g/mol. The molecule has 0 radical (unpaired) electrons. The molecule has 4 fully saturated rings. The minimum atomic E-state index is -0.305. The second-order valence-electron chi connectivity index (χ2n) is 14.7. The van der Waals surface area contributed by atoms with Crippen molar-refractivity contribution in [3.8, 4) is 0 Å². The Bertz CT molecular complexity index is 889. The van der Waals surface area contributed by atoms with Gasteiger partial charge in [0.25, 0.3) is 0 Å². The highest BCUT2D eigenvalue weighted by Crippen LogP contribution is 2.76. The number of hydrogen-bond acceptors (Lipinski definition) is 3. The molecule has 5 rings (SSSR count). The number of aliphatic hydroxyl groups excluding tert-OH is 1. The van der Waals surface area contributed by atoms with Gasteiger partial charge < -0.3 is 9.84 Å². The van der Waals surface area contributed by atoms with Gasteiger partial charge >= 0.3 is 5.97 Å². The Kier molecular flexibility index (Phi) is 5.55. The Morgan fingerprint density at radius 1 is 0.971 bits per heavy atom. The van der Waals surface area contributed by atoms with Crippen LogP contribution in [0.1, 0.15) is 106 Å². The van der Waals surface area contributed by atoms with Gasteiger partial charge in [-0.3, -0.25) is 4.79 Å². The molecule has 0 aromatic rings. The van der Waals surface area contributed by atoms with E-state index in [1.165, 1.54) is 12.8 Å². The fourth-order valence-electron chi connectivity index (χ4n) is 11.1. The molecule has 0 unspecified atom stereocenters. The molecule has 0 saturated heterocycles. The highest BCUT2D eigenvalue weighted by molar-refractivity contribution is 5.78. The molecule has 192 valence electrons. The van der Waals surface area contributed by atoms with Crippen LogP contribution in [-0.4, -0.2) is 24.3 Å². The van der Waals surface area contributed by atoms with Crippen molar-refractivity contribution in [2.24, 2.45) is 56.7 Å². The van der Waals surface area contributed by atoms with E-state index in [1.807, 2.05) is 0 Å². The Labute approximate surface area is 208 Å². The van der Waals surface area contributed by atoms with Crippen LogP contribution in [0.15, 0.2) is 11.6 Å². The van der Waals surface area contributed by atoms with Gasteiger partial charge in [-0.1, -0.05) is 60.1 Å². The quantitative estimate of drug-likeness (QED) is 0.326. The molecule has 10 atom stereocenters. The molecule has 0 heterocycles. The summed E-state index contributed by atoms with van der Waals surface area (Å²) in [5.41, 5.74) is 1.90. The number of hydrogen-bond donors (Lipinski definition) is 1. The first-order valence-electron chi connectivity index (χ1n) is 14.3. The summed E-state index contributed by atoms with van der Waals surface area (Å²) in [7, 11) is 1.60. The third-order valence-electron chi connectivity index (χ3n) is 13.5. The summed E-state index contributed by atoms with van der Waals surface area (Å²) in [6, 6.07) is 0. The van der Waals surface area contributed by atoms with Gasteiger partial charge in [-0.05, 0) is 109 Å². The van der Waals surface area contributed by atoms with Crippen LogP contribution in [0.5, 0.6) is 0 Å². The summed E-state index contributed by atoms with van der Waals surface area (Å²) in [6.45, 7) is 17.2. The lowest BCUT2D eigenvalue weighted by molar-refractivity contribution is -0.208. The van der Waals surface area contributed by atoms with Gasteiger partial charge in [-0.25, -0.2) is 0 Å². The number of fused-ring (bicyclic) bond motifs is 7. The van der Waals surface area contributed by atoms with Crippen molar-refractivity contribution in [2.45, 2.75) is 112 Å². The predicted octanol–water partition coefficient (Wildman–Crippen LogP) is 7.18. The van der Waals surface area contributed by atoms with Crippen LogP contribution in [0, 0.1) is 56.7 Å². The summed E-state index contributed by atoms with van der Waals surface area (Å²) in [4.78, 5) is 13.5. The minimum Gasteiger partial charge on any atom is -0.469 e. The van der Waals surface area contributed by atoms with Gasteiger partial charge in [0, 0.05) is 0 Å².